The number of hydrogen-bond acceptors (Lipinski definition) is 5. The van der Waals surface area contributed by atoms with Crippen molar-refractivity contribution >= 4 is 17.8 Å². The Balaban J connectivity index is 2.29. The molecule has 0 aromatic heterocycles. The summed E-state index contributed by atoms with van der Waals surface area (Å²) in [5.74, 6) is -1.32. The van der Waals surface area contributed by atoms with Crippen LogP contribution in [0.15, 0.2) is 0 Å². The molecular weight excluding hydrogens is 252 g/mol. The number of nitrogens with zero attached hydrogens (tertiary/aromatic N) is 1. The molecular formula is C11H20N4O4. The second kappa shape index (κ2) is 7.70. The zero-order chi connectivity index (χ0) is 14.3. The van der Waals surface area contributed by atoms with Crippen LogP contribution >= 0.6 is 0 Å². The number of aliphatic carboxylic acids is 1. The van der Waals surface area contributed by atoms with Crippen LogP contribution in [0.5, 0.6) is 0 Å². The Kier molecular flexibility index (Phi) is 6.23. The largest absolute Gasteiger partial charge is 0.480 e. The van der Waals surface area contributed by atoms with Crippen LogP contribution in [0.1, 0.15) is 6.92 Å². The minimum absolute atomic E-state index is 0.0543. The van der Waals surface area contributed by atoms with Gasteiger partial charge in [-0.1, -0.05) is 0 Å². The van der Waals surface area contributed by atoms with Crippen LogP contribution in [0, 0.1) is 0 Å². The minimum atomic E-state index is -0.932. The van der Waals surface area contributed by atoms with E-state index in [0.717, 1.165) is 0 Å². The summed E-state index contributed by atoms with van der Waals surface area (Å²) in [7, 11) is 0. The van der Waals surface area contributed by atoms with Gasteiger partial charge in [0.1, 0.15) is 6.04 Å². The second-order valence-corrected chi connectivity index (χ2v) is 4.36. The van der Waals surface area contributed by atoms with E-state index in [1.54, 1.807) is 4.90 Å². The number of hydrogen-bond donors (Lipinski definition) is 4. The zero-order valence-electron chi connectivity index (χ0n) is 10.9. The van der Waals surface area contributed by atoms with Crippen LogP contribution in [0.4, 0.5) is 0 Å². The summed E-state index contributed by atoms with van der Waals surface area (Å²) >= 11 is 0. The van der Waals surface area contributed by atoms with Crippen LogP contribution in [0.25, 0.3) is 0 Å². The number of amides is 2. The molecule has 2 amide bonds. The van der Waals surface area contributed by atoms with Gasteiger partial charge in [0.25, 0.3) is 0 Å². The lowest BCUT2D eigenvalue weighted by atomic mass is 10.2. The fourth-order valence-corrected chi connectivity index (χ4v) is 1.86. The highest BCUT2D eigenvalue weighted by molar-refractivity contribution is 5.80. The topological polar surface area (TPSA) is 111 Å². The zero-order valence-corrected chi connectivity index (χ0v) is 10.9. The van der Waals surface area contributed by atoms with Gasteiger partial charge in [-0.3, -0.25) is 19.3 Å². The number of carboxylic acid groups (broad SMARTS) is 1. The fourth-order valence-electron chi connectivity index (χ4n) is 1.86. The number of carboxylic acids is 1. The Morgan fingerprint density at radius 2 is 2.00 bits per heavy atom. The molecule has 0 aliphatic carbocycles. The van der Waals surface area contributed by atoms with Gasteiger partial charge < -0.3 is 21.1 Å². The normalized spacial score (nSPS) is 19.7. The van der Waals surface area contributed by atoms with Crippen molar-refractivity contribution in [2.24, 2.45) is 0 Å². The molecule has 0 saturated carbocycles. The average Bonchev–Trinajstić information content (AvgIpc) is 2.35. The van der Waals surface area contributed by atoms with E-state index in [0.29, 0.717) is 32.7 Å². The number of rotatable bonds is 6. The van der Waals surface area contributed by atoms with E-state index < -0.39 is 12.0 Å². The quantitative estimate of drug-likeness (QED) is 0.401. The Morgan fingerprint density at radius 3 is 2.63 bits per heavy atom. The van der Waals surface area contributed by atoms with E-state index in [1.165, 1.54) is 6.92 Å². The lowest BCUT2D eigenvalue weighted by Gasteiger charge is -2.32. The molecule has 1 atom stereocenters. The van der Waals surface area contributed by atoms with Gasteiger partial charge in [0.15, 0.2) is 0 Å². The molecule has 0 bridgehead atoms. The van der Waals surface area contributed by atoms with Crippen molar-refractivity contribution in [1.82, 2.24) is 20.9 Å². The Morgan fingerprint density at radius 1 is 1.32 bits per heavy atom. The summed E-state index contributed by atoms with van der Waals surface area (Å²) < 4.78 is 0. The molecule has 8 heteroatoms. The molecule has 1 saturated heterocycles. The Hall–Kier alpha value is -1.67. The standard InChI is InChI=1S/C11H20N4O4/c1-8(16)13-2-3-14-10(17)7-15-5-4-12-6-9(15)11(18)19/h9,12H,2-7H2,1H3,(H,13,16)(H,14,17)(H,18,19). The first kappa shape index (κ1) is 15.4. The molecule has 0 aromatic carbocycles. The first-order chi connectivity index (χ1) is 9.00. The number of piperazine rings is 1. The minimum Gasteiger partial charge on any atom is -0.480 e. The van der Waals surface area contributed by atoms with Crippen LogP contribution in [-0.2, 0) is 14.4 Å². The highest BCUT2D eigenvalue weighted by Gasteiger charge is 2.29. The summed E-state index contributed by atoms with van der Waals surface area (Å²) in [6.45, 7) is 3.69. The SMILES string of the molecule is CC(=O)NCCNC(=O)CN1CCNCC1C(=O)O. The molecule has 4 N–H and O–H groups in total. The molecule has 1 aliphatic rings. The molecule has 108 valence electrons. The van der Waals surface area contributed by atoms with Crippen LogP contribution in [0.2, 0.25) is 0 Å². The Labute approximate surface area is 111 Å². The number of carbonyl (C=O) groups excluding carboxylic acids is 2. The van der Waals surface area contributed by atoms with Crippen molar-refractivity contribution in [2.45, 2.75) is 13.0 Å². The smallest absolute Gasteiger partial charge is 0.322 e. The van der Waals surface area contributed by atoms with E-state index in [1.807, 2.05) is 0 Å². The molecule has 1 fully saturated rings. The molecule has 8 nitrogen and oxygen atoms in total. The van der Waals surface area contributed by atoms with Crippen LogP contribution in [0.3, 0.4) is 0 Å². The van der Waals surface area contributed by atoms with E-state index in [9.17, 15) is 14.4 Å². The highest BCUT2D eigenvalue weighted by Crippen LogP contribution is 2.02. The van der Waals surface area contributed by atoms with E-state index >= 15 is 0 Å². The maximum Gasteiger partial charge on any atom is 0.322 e. The third kappa shape index (κ3) is 5.66. The van der Waals surface area contributed by atoms with Gasteiger partial charge in [-0.25, -0.2) is 0 Å². The van der Waals surface area contributed by atoms with E-state index in [4.69, 9.17) is 5.11 Å². The molecule has 19 heavy (non-hydrogen) atoms. The molecule has 1 heterocycles. The van der Waals surface area contributed by atoms with Crippen molar-refractivity contribution in [3.63, 3.8) is 0 Å². The maximum absolute atomic E-state index is 11.6. The summed E-state index contributed by atoms with van der Waals surface area (Å²) in [6.07, 6.45) is 0. The third-order valence-corrected chi connectivity index (χ3v) is 2.81. The van der Waals surface area contributed by atoms with Crippen molar-refractivity contribution in [2.75, 3.05) is 39.3 Å². The van der Waals surface area contributed by atoms with Crippen molar-refractivity contribution in [3.8, 4) is 0 Å². The molecule has 0 radical (unpaired) electrons. The van der Waals surface area contributed by atoms with Gasteiger partial charge in [-0.15, -0.1) is 0 Å². The molecule has 0 aromatic rings. The highest BCUT2D eigenvalue weighted by atomic mass is 16.4. The van der Waals surface area contributed by atoms with Crippen LogP contribution < -0.4 is 16.0 Å². The van der Waals surface area contributed by atoms with E-state index in [-0.39, 0.29) is 18.4 Å². The number of nitrogens with one attached hydrogen (secondary N) is 3. The van der Waals surface area contributed by atoms with Crippen molar-refractivity contribution < 1.29 is 19.5 Å². The van der Waals surface area contributed by atoms with Gasteiger partial charge in [0.05, 0.1) is 6.54 Å². The summed E-state index contributed by atoms with van der Waals surface area (Å²) in [5, 5.41) is 17.2. The van der Waals surface area contributed by atoms with Gasteiger partial charge >= 0.3 is 5.97 Å². The average molecular weight is 272 g/mol. The molecule has 1 aliphatic heterocycles. The first-order valence-corrected chi connectivity index (χ1v) is 6.19. The Bertz CT molecular complexity index is 348. The summed E-state index contributed by atoms with van der Waals surface area (Å²) in [5.41, 5.74) is 0. The van der Waals surface area contributed by atoms with Crippen molar-refractivity contribution in [3.05, 3.63) is 0 Å². The second-order valence-electron chi connectivity index (χ2n) is 4.36. The van der Waals surface area contributed by atoms with Gasteiger partial charge in [0.2, 0.25) is 11.8 Å². The number of carbonyl (C=O) groups is 3. The predicted molar refractivity (Wildman–Crippen MR) is 67.6 cm³/mol. The predicted octanol–water partition coefficient (Wildman–Crippen LogP) is -2.40. The molecule has 1 rings (SSSR count). The monoisotopic (exact) mass is 272 g/mol. The molecule has 0 spiro atoms. The van der Waals surface area contributed by atoms with E-state index in [2.05, 4.69) is 16.0 Å². The van der Waals surface area contributed by atoms with Gasteiger partial charge in [-0.2, -0.15) is 0 Å². The molecule has 1 unspecified atom stereocenters. The van der Waals surface area contributed by atoms with Gasteiger partial charge in [-0.05, 0) is 0 Å². The van der Waals surface area contributed by atoms with Crippen LogP contribution in [-0.4, -0.2) is 73.1 Å². The summed E-state index contributed by atoms with van der Waals surface area (Å²) in [6, 6.07) is -0.671. The fraction of sp³-hybridized carbons (Fsp3) is 0.727. The first-order valence-electron chi connectivity index (χ1n) is 6.19. The third-order valence-electron chi connectivity index (χ3n) is 2.81. The summed E-state index contributed by atoms with van der Waals surface area (Å²) in [4.78, 5) is 34.9. The maximum atomic E-state index is 11.6. The lowest BCUT2D eigenvalue weighted by molar-refractivity contribution is -0.144. The van der Waals surface area contributed by atoms with Gasteiger partial charge in [0, 0.05) is 39.6 Å². The lowest BCUT2D eigenvalue weighted by Crippen LogP contribution is -2.57. The van der Waals surface area contributed by atoms with Crippen molar-refractivity contribution in [1.29, 1.82) is 0 Å².